The lowest BCUT2D eigenvalue weighted by Gasteiger charge is -1.95. The second kappa shape index (κ2) is 10.7. The average molecular weight is 169 g/mol. The van der Waals surface area contributed by atoms with E-state index in [-0.39, 0.29) is 0 Å². The second-order valence-corrected chi connectivity index (χ2v) is 3.21. The summed E-state index contributed by atoms with van der Waals surface area (Å²) < 4.78 is 0. The minimum absolute atomic E-state index is 1.16. The molecule has 72 valence electrons. The molecule has 12 heavy (non-hydrogen) atoms. The SMILES string of the molecule is CCCC/C=C\CCCCNC. The smallest absolute Gasteiger partial charge is 0.00518 e. The lowest BCUT2D eigenvalue weighted by atomic mass is 10.2. The number of nitrogens with one attached hydrogen (secondary N) is 1. The number of allylic oxidation sites excluding steroid dienone is 2. The monoisotopic (exact) mass is 169 g/mol. The highest BCUT2D eigenvalue weighted by Crippen LogP contribution is 1.99. The van der Waals surface area contributed by atoms with E-state index in [9.17, 15) is 0 Å². The van der Waals surface area contributed by atoms with Crippen molar-refractivity contribution in [3.63, 3.8) is 0 Å². The number of hydrogen-bond donors (Lipinski definition) is 1. The predicted molar refractivity (Wildman–Crippen MR) is 56.4 cm³/mol. The molecule has 0 unspecified atom stereocenters. The van der Waals surface area contributed by atoms with Gasteiger partial charge in [-0.1, -0.05) is 31.9 Å². The Balaban J connectivity index is 2.92. The lowest BCUT2D eigenvalue weighted by molar-refractivity contribution is 0.683. The Hall–Kier alpha value is -0.300. The summed E-state index contributed by atoms with van der Waals surface area (Å²) in [6, 6.07) is 0. The summed E-state index contributed by atoms with van der Waals surface area (Å²) in [7, 11) is 2.01. The van der Waals surface area contributed by atoms with Crippen molar-refractivity contribution in [1.82, 2.24) is 5.32 Å². The summed E-state index contributed by atoms with van der Waals surface area (Å²) in [5, 5.41) is 3.15. The maximum atomic E-state index is 3.15. The van der Waals surface area contributed by atoms with Gasteiger partial charge in [0.15, 0.2) is 0 Å². The van der Waals surface area contributed by atoms with Crippen LogP contribution in [0.15, 0.2) is 12.2 Å². The lowest BCUT2D eigenvalue weighted by Crippen LogP contribution is -2.06. The molecule has 0 heterocycles. The first-order chi connectivity index (χ1) is 5.91. The van der Waals surface area contributed by atoms with Crippen LogP contribution in [0.25, 0.3) is 0 Å². The van der Waals surface area contributed by atoms with Gasteiger partial charge in [-0.05, 0) is 39.3 Å². The maximum absolute atomic E-state index is 3.15. The van der Waals surface area contributed by atoms with E-state index in [2.05, 4.69) is 24.4 Å². The Morgan fingerprint density at radius 3 is 2.25 bits per heavy atom. The van der Waals surface area contributed by atoms with E-state index in [0.29, 0.717) is 0 Å². The van der Waals surface area contributed by atoms with E-state index in [1.807, 2.05) is 7.05 Å². The molecule has 0 aliphatic heterocycles. The topological polar surface area (TPSA) is 12.0 Å². The minimum atomic E-state index is 1.16. The van der Waals surface area contributed by atoms with Gasteiger partial charge in [0, 0.05) is 0 Å². The summed E-state index contributed by atoms with van der Waals surface area (Å²) in [6.45, 7) is 3.39. The standard InChI is InChI=1S/C11H23N/c1-3-4-5-6-7-8-9-10-11-12-2/h6-7,12H,3-5,8-11H2,1-2H3/b7-6-. The van der Waals surface area contributed by atoms with Gasteiger partial charge in [-0.15, -0.1) is 0 Å². The van der Waals surface area contributed by atoms with Crippen LogP contribution in [-0.4, -0.2) is 13.6 Å². The van der Waals surface area contributed by atoms with Crippen LogP contribution in [-0.2, 0) is 0 Å². The van der Waals surface area contributed by atoms with Gasteiger partial charge in [0.25, 0.3) is 0 Å². The number of unbranched alkanes of at least 4 members (excludes halogenated alkanes) is 4. The normalized spacial score (nSPS) is 11.2. The molecule has 0 aromatic carbocycles. The first-order valence-electron chi connectivity index (χ1n) is 5.21. The van der Waals surface area contributed by atoms with Crippen molar-refractivity contribution in [3.05, 3.63) is 12.2 Å². The van der Waals surface area contributed by atoms with E-state index in [0.717, 1.165) is 6.54 Å². The Labute approximate surface area is 77.2 Å². The third kappa shape index (κ3) is 9.70. The quantitative estimate of drug-likeness (QED) is 0.435. The molecule has 0 aromatic rings. The molecule has 0 aliphatic carbocycles. The molecule has 0 fully saturated rings. The fourth-order valence-corrected chi connectivity index (χ4v) is 1.12. The van der Waals surface area contributed by atoms with Crippen LogP contribution < -0.4 is 5.32 Å². The van der Waals surface area contributed by atoms with E-state index < -0.39 is 0 Å². The van der Waals surface area contributed by atoms with Crippen molar-refractivity contribution in [3.8, 4) is 0 Å². The van der Waals surface area contributed by atoms with Crippen LogP contribution in [0.2, 0.25) is 0 Å². The zero-order chi connectivity index (χ0) is 9.07. The van der Waals surface area contributed by atoms with Crippen molar-refractivity contribution in [2.75, 3.05) is 13.6 Å². The van der Waals surface area contributed by atoms with Crippen LogP contribution in [0, 0.1) is 0 Å². The van der Waals surface area contributed by atoms with Gasteiger partial charge in [-0.2, -0.15) is 0 Å². The van der Waals surface area contributed by atoms with Gasteiger partial charge in [0.2, 0.25) is 0 Å². The predicted octanol–water partition coefficient (Wildman–Crippen LogP) is 3.12. The van der Waals surface area contributed by atoms with Crippen LogP contribution in [0.4, 0.5) is 0 Å². The fraction of sp³-hybridized carbons (Fsp3) is 0.818. The van der Waals surface area contributed by atoms with Gasteiger partial charge in [0.1, 0.15) is 0 Å². The molecule has 0 rings (SSSR count). The molecule has 0 atom stereocenters. The van der Waals surface area contributed by atoms with Crippen LogP contribution in [0.1, 0.15) is 45.4 Å². The number of rotatable bonds is 8. The van der Waals surface area contributed by atoms with Crippen LogP contribution in [0.5, 0.6) is 0 Å². The zero-order valence-electron chi connectivity index (χ0n) is 8.60. The average Bonchev–Trinajstić information content (AvgIpc) is 2.10. The molecule has 1 nitrogen and oxygen atoms in total. The van der Waals surface area contributed by atoms with Gasteiger partial charge in [-0.25, -0.2) is 0 Å². The van der Waals surface area contributed by atoms with E-state index in [1.54, 1.807) is 0 Å². The molecule has 1 N–H and O–H groups in total. The summed E-state index contributed by atoms with van der Waals surface area (Å²) in [6.07, 6.45) is 12.4. The van der Waals surface area contributed by atoms with E-state index in [1.165, 1.54) is 38.5 Å². The highest BCUT2D eigenvalue weighted by Gasteiger charge is 1.83. The molecule has 0 spiro atoms. The molecule has 0 bridgehead atoms. The molecular formula is C11H23N. The Bertz CT molecular complexity index is 97.2. The maximum Gasteiger partial charge on any atom is -0.00518 e. The van der Waals surface area contributed by atoms with Crippen molar-refractivity contribution < 1.29 is 0 Å². The van der Waals surface area contributed by atoms with Gasteiger partial charge in [-0.3, -0.25) is 0 Å². The summed E-state index contributed by atoms with van der Waals surface area (Å²) in [5.74, 6) is 0. The Morgan fingerprint density at radius 1 is 1.00 bits per heavy atom. The summed E-state index contributed by atoms with van der Waals surface area (Å²) in [4.78, 5) is 0. The molecule has 0 saturated carbocycles. The van der Waals surface area contributed by atoms with E-state index in [4.69, 9.17) is 0 Å². The van der Waals surface area contributed by atoms with Gasteiger partial charge >= 0.3 is 0 Å². The molecule has 0 aromatic heterocycles. The third-order valence-electron chi connectivity index (χ3n) is 1.94. The van der Waals surface area contributed by atoms with Crippen molar-refractivity contribution in [2.45, 2.75) is 45.4 Å². The molecule has 0 aliphatic rings. The highest BCUT2D eigenvalue weighted by molar-refractivity contribution is 4.81. The minimum Gasteiger partial charge on any atom is -0.320 e. The first-order valence-corrected chi connectivity index (χ1v) is 5.21. The van der Waals surface area contributed by atoms with Crippen LogP contribution in [0.3, 0.4) is 0 Å². The third-order valence-corrected chi connectivity index (χ3v) is 1.94. The van der Waals surface area contributed by atoms with Crippen LogP contribution >= 0.6 is 0 Å². The van der Waals surface area contributed by atoms with Crippen molar-refractivity contribution in [1.29, 1.82) is 0 Å². The van der Waals surface area contributed by atoms with Gasteiger partial charge < -0.3 is 5.32 Å². The first kappa shape index (κ1) is 11.7. The Morgan fingerprint density at radius 2 is 1.67 bits per heavy atom. The fourth-order valence-electron chi connectivity index (χ4n) is 1.12. The molecular weight excluding hydrogens is 146 g/mol. The second-order valence-electron chi connectivity index (χ2n) is 3.21. The molecule has 0 radical (unpaired) electrons. The summed E-state index contributed by atoms with van der Waals surface area (Å²) in [5.41, 5.74) is 0. The number of hydrogen-bond acceptors (Lipinski definition) is 1. The summed E-state index contributed by atoms with van der Waals surface area (Å²) >= 11 is 0. The molecule has 1 heteroatoms. The zero-order valence-corrected chi connectivity index (χ0v) is 8.60. The Kier molecular flexibility index (Phi) is 10.4. The highest BCUT2D eigenvalue weighted by atomic mass is 14.8. The van der Waals surface area contributed by atoms with Gasteiger partial charge in [0.05, 0.1) is 0 Å². The van der Waals surface area contributed by atoms with E-state index >= 15 is 0 Å². The van der Waals surface area contributed by atoms with Crippen molar-refractivity contribution >= 4 is 0 Å². The molecule has 0 saturated heterocycles. The largest absolute Gasteiger partial charge is 0.320 e. The molecule has 0 amide bonds. The van der Waals surface area contributed by atoms with Crippen molar-refractivity contribution in [2.24, 2.45) is 0 Å².